The molecule has 55 heavy (non-hydrogen) atoms. The smallest absolute Gasteiger partial charge is 0.0823 e. The van der Waals surface area contributed by atoms with E-state index in [1.54, 1.807) is 0 Å². The first-order chi connectivity index (χ1) is 26.1. The van der Waals surface area contributed by atoms with Crippen molar-refractivity contribution in [1.29, 1.82) is 0 Å². The topological polar surface area (TPSA) is 66.2 Å². The Hall–Kier alpha value is -5.03. The Bertz CT molecular complexity index is 2270. The van der Waals surface area contributed by atoms with E-state index in [2.05, 4.69) is 98.8 Å². The zero-order valence-corrected chi connectivity index (χ0v) is 34.6. The van der Waals surface area contributed by atoms with E-state index in [-0.39, 0.29) is 20.1 Å². The van der Waals surface area contributed by atoms with E-state index >= 15 is 0 Å². The zero-order valence-electron chi connectivity index (χ0n) is 32.2. The molecule has 5 heteroatoms. The minimum Gasteiger partial charge on any atom is -0.388 e. The molecule has 0 amide bonds. The van der Waals surface area contributed by atoms with Crippen LogP contribution in [0.5, 0.6) is 0 Å². The number of benzene rings is 5. The van der Waals surface area contributed by atoms with Crippen molar-refractivity contribution < 1.29 is 30.3 Å². The van der Waals surface area contributed by atoms with E-state index < -0.39 is 17.6 Å². The van der Waals surface area contributed by atoms with Gasteiger partial charge in [0, 0.05) is 38.4 Å². The Morgan fingerprint density at radius 2 is 1.15 bits per heavy atom. The largest absolute Gasteiger partial charge is 0.388 e. The average Bonchev–Trinajstić information content (AvgIpc) is 3.46. The monoisotopic (exact) mass is 899 g/mol. The molecule has 0 fully saturated rings. The van der Waals surface area contributed by atoms with Gasteiger partial charge in [-0.1, -0.05) is 83.4 Å². The SMILES string of the molecule is Cc1cc(C)c(C(O)CC(O)c2c(C)cc(C)cc2C)c(C)c1.[Ir].[c-]1ccccc1-c1cccc([C@]2(c3ccccn3)c3[c-]cccc3-c3ccccc32)n1. The van der Waals surface area contributed by atoms with E-state index in [0.29, 0.717) is 6.42 Å². The van der Waals surface area contributed by atoms with Crippen molar-refractivity contribution in [2.75, 3.05) is 0 Å². The van der Waals surface area contributed by atoms with Gasteiger partial charge in [0.2, 0.25) is 0 Å². The quantitative estimate of drug-likeness (QED) is 0.156. The summed E-state index contributed by atoms with van der Waals surface area (Å²) < 4.78 is 0. The van der Waals surface area contributed by atoms with Crippen molar-refractivity contribution in [3.8, 4) is 22.4 Å². The van der Waals surface area contributed by atoms with Crippen molar-refractivity contribution in [3.05, 3.63) is 213 Å². The number of aromatic nitrogens is 2. The average molecular weight is 899 g/mol. The number of rotatable bonds is 7. The van der Waals surface area contributed by atoms with Crippen molar-refractivity contribution in [2.45, 2.75) is 65.6 Å². The molecule has 8 rings (SSSR count). The summed E-state index contributed by atoms with van der Waals surface area (Å²) in [6.07, 6.45) is 0.849. The van der Waals surface area contributed by atoms with Gasteiger partial charge in [-0.3, -0.25) is 9.97 Å². The molecule has 0 bridgehead atoms. The fourth-order valence-electron chi connectivity index (χ4n) is 8.63. The number of nitrogens with zero attached hydrogens (tertiary/aromatic N) is 2. The Morgan fingerprint density at radius 1 is 0.582 bits per heavy atom. The first-order valence-corrected chi connectivity index (χ1v) is 18.6. The molecule has 3 atom stereocenters. The van der Waals surface area contributed by atoms with Gasteiger partial charge in [-0.15, -0.1) is 47.0 Å². The fraction of sp³-hybridized carbons (Fsp3) is 0.200. The van der Waals surface area contributed by atoms with Crippen LogP contribution in [0.15, 0.2) is 134 Å². The number of hydrogen-bond acceptors (Lipinski definition) is 4. The molecule has 2 heterocycles. The van der Waals surface area contributed by atoms with Crippen LogP contribution in [-0.2, 0) is 25.5 Å². The number of hydrogen-bond donors (Lipinski definition) is 2. The molecule has 2 unspecified atom stereocenters. The maximum Gasteiger partial charge on any atom is 0.0823 e. The molecule has 0 aliphatic heterocycles. The summed E-state index contributed by atoms with van der Waals surface area (Å²) in [5, 5.41) is 21.4. The third kappa shape index (κ3) is 7.63. The molecule has 4 nitrogen and oxygen atoms in total. The van der Waals surface area contributed by atoms with Crippen LogP contribution in [0.3, 0.4) is 0 Å². The van der Waals surface area contributed by atoms with Crippen LogP contribution in [0, 0.1) is 53.7 Å². The second kappa shape index (κ2) is 16.8. The van der Waals surface area contributed by atoms with Gasteiger partial charge in [-0.2, -0.15) is 24.3 Å². The first-order valence-electron chi connectivity index (χ1n) is 18.6. The second-order valence-electron chi connectivity index (χ2n) is 14.5. The number of aliphatic hydroxyl groups excluding tert-OH is 2. The van der Waals surface area contributed by atoms with Crippen LogP contribution in [0.1, 0.15) is 85.7 Å². The molecule has 1 radical (unpaired) electrons. The van der Waals surface area contributed by atoms with Gasteiger partial charge in [0.1, 0.15) is 0 Å². The molecule has 5 aromatic carbocycles. The van der Waals surface area contributed by atoms with Gasteiger partial charge in [0.25, 0.3) is 0 Å². The maximum atomic E-state index is 10.7. The van der Waals surface area contributed by atoms with E-state index in [0.717, 1.165) is 61.6 Å². The molecule has 2 N–H and O–H groups in total. The van der Waals surface area contributed by atoms with Gasteiger partial charge in [-0.25, -0.2) is 0 Å². The van der Waals surface area contributed by atoms with E-state index in [9.17, 15) is 10.2 Å². The molecule has 0 saturated carbocycles. The molecular formula is C50H46IrN2O2-2. The number of fused-ring (bicyclic) bond motifs is 3. The Morgan fingerprint density at radius 3 is 1.75 bits per heavy atom. The molecule has 1 aliphatic carbocycles. The summed E-state index contributed by atoms with van der Waals surface area (Å²) in [6, 6.07) is 50.2. The molecule has 0 spiro atoms. The number of aryl methyl sites for hydroxylation is 6. The summed E-state index contributed by atoms with van der Waals surface area (Å²) in [4.78, 5) is 10.0. The molecule has 0 saturated heterocycles. The summed E-state index contributed by atoms with van der Waals surface area (Å²) >= 11 is 0. The molecule has 1 aliphatic rings. The summed E-state index contributed by atoms with van der Waals surface area (Å²) in [5.41, 5.74) is 16.4. The standard InChI is InChI=1S/C29H18N2.C21H28O2.Ir/c1-2-11-21(12-3-1)26-17-10-19-28(31-26)29(27-18-8-9-20-30-27)24-15-6-4-13-22(24)23-14-5-7-16-25(23)29;1-12-7-14(3)20(15(4)8-12)18(22)11-19(23)21-16(5)9-13(2)10-17(21)6;/h1-11,13-15,17-20H;7-10,18-19,22-23H,11H2,1-6H3;/q-2;;/t29-;;/m0../s1. The van der Waals surface area contributed by atoms with Gasteiger partial charge < -0.3 is 10.2 Å². The van der Waals surface area contributed by atoms with Crippen LogP contribution in [0.4, 0.5) is 0 Å². The Balaban J connectivity index is 0.000000193. The summed E-state index contributed by atoms with van der Waals surface area (Å²) in [6.45, 7) is 12.2. The molecule has 2 aromatic heterocycles. The van der Waals surface area contributed by atoms with Crippen molar-refractivity contribution in [3.63, 3.8) is 0 Å². The maximum absolute atomic E-state index is 10.7. The van der Waals surface area contributed by atoms with E-state index in [1.165, 1.54) is 27.8 Å². The molecule has 279 valence electrons. The number of aliphatic hydroxyl groups is 2. The predicted molar refractivity (Wildman–Crippen MR) is 218 cm³/mol. The summed E-state index contributed by atoms with van der Waals surface area (Å²) in [5.74, 6) is 0. The van der Waals surface area contributed by atoms with Crippen LogP contribution in [-0.4, -0.2) is 20.2 Å². The van der Waals surface area contributed by atoms with Crippen molar-refractivity contribution >= 4 is 0 Å². The third-order valence-corrected chi connectivity index (χ3v) is 10.6. The predicted octanol–water partition coefficient (Wildman–Crippen LogP) is 10.8. The van der Waals surface area contributed by atoms with Crippen LogP contribution in [0.2, 0.25) is 0 Å². The number of pyridine rings is 2. The fourth-order valence-corrected chi connectivity index (χ4v) is 8.63. The van der Waals surface area contributed by atoms with Crippen LogP contribution >= 0.6 is 0 Å². The van der Waals surface area contributed by atoms with Crippen LogP contribution < -0.4 is 0 Å². The first kappa shape index (κ1) is 39.7. The second-order valence-corrected chi connectivity index (χ2v) is 14.5. The summed E-state index contributed by atoms with van der Waals surface area (Å²) in [7, 11) is 0. The van der Waals surface area contributed by atoms with E-state index in [1.807, 2.05) is 88.5 Å². The van der Waals surface area contributed by atoms with Gasteiger partial charge in [0.15, 0.2) is 0 Å². The minimum atomic E-state index is -0.661. The van der Waals surface area contributed by atoms with Gasteiger partial charge in [0.05, 0.1) is 23.3 Å². The van der Waals surface area contributed by atoms with Crippen molar-refractivity contribution in [1.82, 2.24) is 9.97 Å². The molecule has 7 aromatic rings. The van der Waals surface area contributed by atoms with E-state index in [4.69, 9.17) is 9.97 Å². The zero-order chi connectivity index (χ0) is 38.0. The van der Waals surface area contributed by atoms with Crippen LogP contribution in [0.25, 0.3) is 22.4 Å². The van der Waals surface area contributed by atoms with Gasteiger partial charge in [-0.05, 0) is 104 Å². The molecular weight excluding hydrogens is 853 g/mol. The third-order valence-electron chi connectivity index (χ3n) is 10.6. The minimum absolute atomic E-state index is 0. The Labute approximate surface area is 339 Å². The Kier molecular flexibility index (Phi) is 12.1. The normalized spacial score (nSPS) is 15.1. The van der Waals surface area contributed by atoms with Gasteiger partial charge >= 0.3 is 0 Å². The van der Waals surface area contributed by atoms with Crippen molar-refractivity contribution in [2.24, 2.45) is 0 Å².